The number of alkyl halides is 2. The van der Waals surface area contributed by atoms with Crippen molar-refractivity contribution in [2.75, 3.05) is 11.5 Å². The molecule has 4 saturated carbocycles. The summed E-state index contributed by atoms with van der Waals surface area (Å²) in [6.45, 7) is 4.74. The van der Waals surface area contributed by atoms with E-state index in [2.05, 4.69) is 4.93 Å². The van der Waals surface area contributed by atoms with E-state index < -0.39 is 0 Å². The second-order valence-corrected chi connectivity index (χ2v) is 13.4. The van der Waals surface area contributed by atoms with Crippen molar-refractivity contribution in [1.82, 2.24) is 0 Å². The molecule has 1 heterocycles. The van der Waals surface area contributed by atoms with Crippen LogP contribution in [0.2, 0.25) is 0 Å². The number of ether oxygens (including phenoxy) is 2. The van der Waals surface area contributed by atoms with E-state index in [1.165, 1.54) is 19.3 Å². The van der Waals surface area contributed by atoms with Crippen molar-refractivity contribution in [3.05, 3.63) is 0 Å². The van der Waals surface area contributed by atoms with Crippen LogP contribution in [0.1, 0.15) is 46.0 Å². The number of carbonyl (C=O) groups is 2. The monoisotopic (exact) mass is 459 g/mol. The Morgan fingerprint density at radius 3 is 2.72 bits per heavy atom. The Morgan fingerprint density at radius 1 is 1.24 bits per heavy atom. The molecular formula is C20H28IO4-. The van der Waals surface area contributed by atoms with Gasteiger partial charge in [-0.25, -0.2) is 0 Å². The van der Waals surface area contributed by atoms with Crippen LogP contribution >= 0.6 is 0 Å². The van der Waals surface area contributed by atoms with Crippen molar-refractivity contribution in [2.45, 2.75) is 55.5 Å². The standard InChI is InChI=1S/C20H28IO4/c1-19(2,21-3)18(23)25-14-6-10-4-12(14)16-11-5-13(17(10)16)20(7-11)8-15(22)24-9-20/h10-14,16-17H,4-9H2,1-3H3/q-1. The van der Waals surface area contributed by atoms with Crippen molar-refractivity contribution >= 4 is 11.9 Å². The Kier molecular flexibility index (Phi) is 3.60. The fourth-order valence-electron chi connectivity index (χ4n) is 7.32. The van der Waals surface area contributed by atoms with E-state index in [1.807, 2.05) is 13.8 Å². The second kappa shape index (κ2) is 5.35. The van der Waals surface area contributed by atoms with Crippen LogP contribution in [0.4, 0.5) is 0 Å². The average Bonchev–Trinajstić information content (AvgIpc) is 3.33. The van der Waals surface area contributed by atoms with Crippen molar-refractivity contribution in [3.8, 4) is 0 Å². The third-order valence-electron chi connectivity index (χ3n) is 8.32. The first-order valence-corrected chi connectivity index (χ1v) is 13.0. The number of carbonyl (C=O) groups excluding carboxylic acids is 2. The number of esters is 2. The Morgan fingerprint density at radius 2 is 2.04 bits per heavy atom. The second-order valence-electron chi connectivity index (χ2n) is 9.66. The van der Waals surface area contributed by atoms with Gasteiger partial charge in [-0.15, -0.1) is 0 Å². The van der Waals surface area contributed by atoms with E-state index in [9.17, 15) is 9.59 Å². The molecule has 5 fully saturated rings. The molecule has 1 saturated heterocycles. The van der Waals surface area contributed by atoms with Gasteiger partial charge in [0.15, 0.2) is 0 Å². The van der Waals surface area contributed by atoms with Crippen molar-refractivity contribution in [1.29, 1.82) is 0 Å². The minimum atomic E-state index is -0.263. The van der Waals surface area contributed by atoms with Gasteiger partial charge in [0.1, 0.15) is 0 Å². The van der Waals surface area contributed by atoms with Crippen LogP contribution in [0, 0.1) is 40.9 Å². The molecule has 4 nitrogen and oxygen atoms in total. The predicted molar refractivity (Wildman–Crippen MR) is 87.3 cm³/mol. The number of hydrogen-bond acceptors (Lipinski definition) is 4. The van der Waals surface area contributed by atoms with Gasteiger partial charge in [-0.2, -0.15) is 0 Å². The van der Waals surface area contributed by atoms with Gasteiger partial charge in [-0.1, -0.05) is 0 Å². The van der Waals surface area contributed by atoms with E-state index in [0.717, 1.165) is 24.2 Å². The van der Waals surface area contributed by atoms with Crippen LogP contribution in [-0.2, 0) is 19.1 Å². The van der Waals surface area contributed by atoms with Crippen molar-refractivity contribution in [3.63, 3.8) is 0 Å². The summed E-state index contributed by atoms with van der Waals surface area (Å²) in [6, 6.07) is 0. The Balaban J connectivity index is 1.32. The van der Waals surface area contributed by atoms with Crippen LogP contribution in [0.3, 0.4) is 0 Å². The molecular weight excluding hydrogens is 431 g/mol. The van der Waals surface area contributed by atoms with Gasteiger partial charge in [0.05, 0.1) is 0 Å². The SMILES string of the molecule is C[I-]C(C)(C)C(=O)OC1CC2CC1C1C3CC(C21)C1(COC(=O)C1)C3. The summed E-state index contributed by atoms with van der Waals surface area (Å²) in [5, 5.41) is 0. The molecule has 0 aromatic heterocycles. The maximum absolute atomic E-state index is 12.6. The van der Waals surface area contributed by atoms with Crippen molar-refractivity contribution in [2.24, 2.45) is 40.9 Å². The maximum atomic E-state index is 12.6. The molecule has 4 aliphatic carbocycles. The van der Waals surface area contributed by atoms with E-state index >= 15 is 0 Å². The number of halogens is 1. The van der Waals surface area contributed by atoms with Crippen LogP contribution in [0.15, 0.2) is 0 Å². The van der Waals surface area contributed by atoms with E-state index in [-0.39, 0.29) is 48.1 Å². The summed E-state index contributed by atoms with van der Waals surface area (Å²) >= 11 is -0.162. The summed E-state index contributed by atoms with van der Waals surface area (Å²) in [7, 11) is 0. The summed E-state index contributed by atoms with van der Waals surface area (Å²) in [6.07, 6.45) is 5.56. The Labute approximate surface area is 160 Å². The van der Waals surface area contributed by atoms with Gasteiger partial charge in [0.2, 0.25) is 0 Å². The molecule has 0 aromatic rings. The van der Waals surface area contributed by atoms with E-state index in [4.69, 9.17) is 9.47 Å². The molecule has 8 atom stereocenters. The zero-order valence-corrected chi connectivity index (χ0v) is 17.5. The van der Waals surface area contributed by atoms with Gasteiger partial charge in [-0.3, -0.25) is 0 Å². The third-order valence-corrected chi connectivity index (χ3v) is 11.5. The Hall–Kier alpha value is -0.330. The van der Waals surface area contributed by atoms with Crippen molar-refractivity contribution < 1.29 is 40.3 Å². The van der Waals surface area contributed by atoms with Gasteiger partial charge >= 0.3 is 160 Å². The minimum absolute atomic E-state index is 0.0177. The third kappa shape index (κ3) is 2.23. The number of cyclic esters (lactones) is 1. The molecule has 5 rings (SSSR count). The zero-order valence-electron chi connectivity index (χ0n) is 15.3. The number of hydrogen-bond donors (Lipinski definition) is 0. The molecule has 0 amide bonds. The molecule has 0 radical (unpaired) electrons. The number of rotatable bonds is 3. The van der Waals surface area contributed by atoms with Crippen LogP contribution in [0.25, 0.3) is 0 Å². The quantitative estimate of drug-likeness (QED) is 0.251. The topological polar surface area (TPSA) is 52.6 Å². The normalized spacial score (nSPS) is 49.9. The molecule has 5 aliphatic rings. The number of fused-ring (bicyclic) bond motifs is 10. The van der Waals surface area contributed by atoms with Gasteiger partial charge in [-0.05, 0) is 0 Å². The van der Waals surface area contributed by atoms with Gasteiger partial charge < -0.3 is 0 Å². The molecule has 0 N–H and O–H groups in total. The molecule has 1 aliphatic heterocycles. The van der Waals surface area contributed by atoms with Crippen LogP contribution in [0.5, 0.6) is 0 Å². The fourth-order valence-corrected chi connectivity index (χ4v) is 7.88. The molecule has 140 valence electrons. The Bertz CT molecular complexity index is 631. The molecule has 5 heteroatoms. The predicted octanol–water partition coefficient (Wildman–Crippen LogP) is -0.359. The molecule has 25 heavy (non-hydrogen) atoms. The summed E-state index contributed by atoms with van der Waals surface area (Å²) in [5.74, 6) is 4.24. The zero-order chi connectivity index (χ0) is 17.6. The first-order valence-electron chi connectivity index (χ1n) is 9.72. The van der Waals surface area contributed by atoms with Crippen LogP contribution < -0.4 is 21.2 Å². The molecule has 1 spiro atoms. The summed E-state index contributed by atoms with van der Waals surface area (Å²) < 4.78 is 11.2. The molecule has 0 aromatic carbocycles. The summed E-state index contributed by atoms with van der Waals surface area (Å²) in [5.41, 5.74) is 0.161. The molecule has 8 unspecified atom stereocenters. The molecule has 4 bridgehead atoms. The van der Waals surface area contributed by atoms with E-state index in [0.29, 0.717) is 30.8 Å². The first kappa shape index (κ1) is 16.8. The van der Waals surface area contributed by atoms with E-state index in [1.54, 1.807) is 0 Å². The fraction of sp³-hybridized carbons (Fsp3) is 0.900. The first-order chi connectivity index (χ1) is 11.8. The van der Waals surface area contributed by atoms with Crippen LogP contribution in [-0.4, -0.2) is 33.0 Å². The summed E-state index contributed by atoms with van der Waals surface area (Å²) in [4.78, 5) is 26.5. The average molecular weight is 459 g/mol. The van der Waals surface area contributed by atoms with Gasteiger partial charge in [0, 0.05) is 0 Å². The van der Waals surface area contributed by atoms with Gasteiger partial charge in [0.25, 0.3) is 0 Å².